The highest BCUT2D eigenvalue weighted by atomic mass is 16.2. The fourth-order valence-corrected chi connectivity index (χ4v) is 4.05. The van der Waals surface area contributed by atoms with Crippen LogP contribution in [0.5, 0.6) is 0 Å². The number of piperidine rings is 1. The van der Waals surface area contributed by atoms with Gasteiger partial charge in [-0.15, -0.1) is 0 Å². The molecule has 2 aliphatic rings. The molecular formula is C19H30N4O. The van der Waals surface area contributed by atoms with Crippen molar-refractivity contribution in [1.82, 2.24) is 14.9 Å². The van der Waals surface area contributed by atoms with Crippen molar-refractivity contribution in [3.8, 4) is 0 Å². The first-order valence-electron chi connectivity index (χ1n) is 9.46. The van der Waals surface area contributed by atoms with Crippen LogP contribution in [-0.2, 0) is 4.79 Å². The Labute approximate surface area is 145 Å². The van der Waals surface area contributed by atoms with Gasteiger partial charge in [-0.1, -0.05) is 13.8 Å². The summed E-state index contributed by atoms with van der Waals surface area (Å²) in [6.45, 7) is 8.27. The molecule has 2 fully saturated rings. The Hall–Kier alpha value is -1.65. The molecule has 0 unspecified atom stereocenters. The highest BCUT2D eigenvalue weighted by Gasteiger charge is 2.30. The van der Waals surface area contributed by atoms with Crippen LogP contribution < -0.4 is 4.90 Å². The summed E-state index contributed by atoms with van der Waals surface area (Å²) < 4.78 is 0. The maximum absolute atomic E-state index is 12.9. The molecule has 1 aromatic rings. The van der Waals surface area contributed by atoms with Gasteiger partial charge in [0.05, 0.1) is 0 Å². The number of likely N-dealkylation sites (tertiary alicyclic amines) is 1. The summed E-state index contributed by atoms with van der Waals surface area (Å²) in [7, 11) is 0. The zero-order valence-corrected chi connectivity index (χ0v) is 15.0. The summed E-state index contributed by atoms with van der Waals surface area (Å²) in [5.41, 5.74) is 0. The predicted octanol–water partition coefficient (Wildman–Crippen LogP) is 2.98. The Kier molecular flexibility index (Phi) is 5.69. The molecule has 0 saturated carbocycles. The molecule has 1 aromatic heterocycles. The molecule has 5 nitrogen and oxygen atoms in total. The van der Waals surface area contributed by atoms with E-state index >= 15 is 0 Å². The van der Waals surface area contributed by atoms with E-state index in [1.807, 2.05) is 6.07 Å². The fraction of sp³-hybridized carbons (Fsp3) is 0.737. The average molecular weight is 330 g/mol. The third-order valence-electron chi connectivity index (χ3n) is 5.71. The van der Waals surface area contributed by atoms with Gasteiger partial charge in [0, 0.05) is 44.5 Å². The third-order valence-corrected chi connectivity index (χ3v) is 5.71. The smallest absolute Gasteiger partial charge is 0.225 e. The van der Waals surface area contributed by atoms with Crippen LogP contribution in [0.2, 0.25) is 0 Å². The Morgan fingerprint density at radius 2 is 1.75 bits per heavy atom. The van der Waals surface area contributed by atoms with Crippen LogP contribution in [0.3, 0.4) is 0 Å². The average Bonchev–Trinajstić information content (AvgIpc) is 2.88. The van der Waals surface area contributed by atoms with Gasteiger partial charge >= 0.3 is 0 Å². The second-order valence-corrected chi connectivity index (χ2v) is 7.57. The second kappa shape index (κ2) is 7.95. The maximum atomic E-state index is 12.9. The van der Waals surface area contributed by atoms with E-state index in [2.05, 4.69) is 33.6 Å². The largest absolute Gasteiger partial charge is 0.342 e. The van der Waals surface area contributed by atoms with Crippen LogP contribution in [-0.4, -0.2) is 47.0 Å². The van der Waals surface area contributed by atoms with E-state index < -0.39 is 0 Å². The molecule has 2 aliphatic heterocycles. The molecule has 3 rings (SSSR count). The van der Waals surface area contributed by atoms with Gasteiger partial charge in [0.2, 0.25) is 11.9 Å². The van der Waals surface area contributed by atoms with Crippen molar-refractivity contribution in [2.24, 2.45) is 17.8 Å². The number of aromatic nitrogens is 2. The molecule has 24 heavy (non-hydrogen) atoms. The number of carbonyl (C=O) groups is 1. The molecule has 3 heterocycles. The van der Waals surface area contributed by atoms with Crippen molar-refractivity contribution in [3.63, 3.8) is 0 Å². The van der Waals surface area contributed by atoms with Crippen LogP contribution in [0.25, 0.3) is 0 Å². The molecule has 0 spiro atoms. The Morgan fingerprint density at radius 3 is 2.42 bits per heavy atom. The molecule has 0 aliphatic carbocycles. The third kappa shape index (κ3) is 4.05. The van der Waals surface area contributed by atoms with Crippen LogP contribution in [0.4, 0.5) is 5.95 Å². The summed E-state index contributed by atoms with van der Waals surface area (Å²) >= 11 is 0. The lowest BCUT2D eigenvalue weighted by molar-refractivity contribution is -0.136. The zero-order valence-electron chi connectivity index (χ0n) is 15.0. The van der Waals surface area contributed by atoms with E-state index in [-0.39, 0.29) is 5.92 Å². The van der Waals surface area contributed by atoms with E-state index in [1.54, 1.807) is 12.4 Å². The first-order valence-corrected chi connectivity index (χ1v) is 9.46. The molecule has 0 aromatic carbocycles. The van der Waals surface area contributed by atoms with E-state index in [4.69, 9.17) is 0 Å². The summed E-state index contributed by atoms with van der Waals surface area (Å²) in [5, 5.41) is 0. The molecule has 132 valence electrons. The van der Waals surface area contributed by atoms with Gasteiger partial charge in [0.15, 0.2) is 0 Å². The predicted molar refractivity (Wildman–Crippen MR) is 95.7 cm³/mol. The fourth-order valence-electron chi connectivity index (χ4n) is 4.05. The normalized spacial score (nSPS) is 23.4. The van der Waals surface area contributed by atoms with Crippen molar-refractivity contribution < 1.29 is 4.79 Å². The zero-order chi connectivity index (χ0) is 16.9. The Morgan fingerprint density at radius 1 is 1.04 bits per heavy atom. The monoisotopic (exact) mass is 330 g/mol. The minimum absolute atomic E-state index is 0.181. The minimum atomic E-state index is 0.181. The van der Waals surface area contributed by atoms with Gasteiger partial charge in [-0.2, -0.15) is 0 Å². The van der Waals surface area contributed by atoms with Gasteiger partial charge in [0.1, 0.15) is 0 Å². The summed E-state index contributed by atoms with van der Waals surface area (Å²) in [6, 6.07) is 1.84. The molecule has 0 N–H and O–H groups in total. The second-order valence-electron chi connectivity index (χ2n) is 7.57. The molecular weight excluding hydrogens is 300 g/mol. The van der Waals surface area contributed by atoms with Gasteiger partial charge in [-0.3, -0.25) is 4.79 Å². The topological polar surface area (TPSA) is 49.3 Å². The SMILES string of the molecule is CC(C)[C@H]1CCCN(C(=O)C2CCN(c3ncccn3)CC2)CC1. The molecule has 0 radical (unpaired) electrons. The van der Waals surface area contributed by atoms with Gasteiger partial charge in [-0.25, -0.2) is 9.97 Å². The highest BCUT2D eigenvalue weighted by Crippen LogP contribution is 2.27. The van der Waals surface area contributed by atoms with Crippen molar-refractivity contribution in [1.29, 1.82) is 0 Å². The van der Waals surface area contributed by atoms with E-state index in [1.165, 1.54) is 12.8 Å². The number of carbonyl (C=O) groups excluding carboxylic acids is 1. The van der Waals surface area contributed by atoms with Crippen LogP contribution >= 0.6 is 0 Å². The van der Waals surface area contributed by atoms with Gasteiger partial charge in [0.25, 0.3) is 0 Å². The van der Waals surface area contributed by atoms with E-state index in [0.717, 1.165) is 63.2 Å². The Balaban J connectivity index is 1.52. The van der Waals surface area contributed by atoms with E-state index in [9.17, 15) is 4.79 Å². The van der Waals surface area contributed by atoms with Gasteiger partial charge in [-0.05, 0) is 50.0 Å². The lowest BCUT2D eigenvalue weighted by Gasteiger charge is -2.34. The Bertz CT molecular complexity index is 525. The van der Waals surface area contributed by atoms with Crippen molar-refractivity contribution in [2.45, 2.75) is 46.0 Å². The van der Waals surface area contributed by atoms with E-state index in [0.29, 0.717) is 5.91 Å². The first kappa shape index (κ1) is 17.2. The number of hydrogen-bond donors (Lipinski definition) is 0. The number of hydrogen-bond acceptors (Lipinski definition) is 4. The molecule has 0 bridgehead atoms. The van der Waals surface area contributed by atoms with Crippen LogP contribution in [0.1, 0.15) is 46.0 Å². The molecule has 1 atom stereocenters. The summed E-state index contributed by atoms with van der Waals surface area (Å²) in [6.07, 6.45) is 8.99. The minimum Gasteiger partial charge on any atom is -0.342 e. The van der Waals surface area contributed by atoms with Crippen LogP contribution in [0.15, 0.2) is 18.5 Å². The maximum Gasteiger partial charge on any atom is 0.225 e. The quantitative estimate of drug-likeness (QED) is 0.855. The molecule has 1 amide bonds. The first-order chi connectivity index (χ1) is 11.6. The molecule has 2 saturated heterocycles. The number of rotatable bonds is 3. The lowest BCUT2D eigenvalue weighted by atomic mass is 9.89. The number of anilines is 1. The van der Waals surface area contributed by atoms with Gasteiger partial charge < -0.3 is 9.80 Å². The van der Waals surface area contributed by atoms with Crippen molar-refractivity contribution in [3.05, 3.63) is 18.5 Å². The summed E-state index contributed by atoms with van der Waals surface area (Å²) in [4.78, 5) is 25.9. The van der Waals surface area contributed by atoms with Crippen molar-refractivity contribution >= 4 is 11.9 Å². The lowest BCUT2D eigenvalue weighted by Crippen LogP contribution is -2.43. The summed E-state index contributed by atoms with van der Waals surface area (Å²) in [5.74, 6) is 2.86. The van der Waals surface area contributed by atoms with Crippen molar-refractivity contribution in [2.75, 3.05) is 31.1 Å². The highest BCUT2D eigenvalue weighted by molar-refractivity contribution is 5.79. The number of nitrogens with zero attached hydrogens (tertiary/aromatic N) is 4. The number of amides is 1. The molecule has 5 heteroatoms. The standard InChI is InChI=1S/C19H30N4O/c1-15(2)16-5-3-11-22(12-6-16)18(24)17-7-13-23(14-8-17)19-20-9-4-10-21-19/h4,9-10,15-17H,3,5-8,11-14H2,1-2H3/t16-/m0/s1. The van der Waals surface area contributed by atoms with Crippen LogP contribution in [0, 0.1) is 17.8 Å².